The molecule has 0 rings (SSSR count). The van der Waals surface area contributed by atoms with Crippen molar-refractivity contribution < 1.29 is 4.48 Å². The SMILES string of the molecule is CCCC(C)[N+](CC)(CC)CCC. The third-order valence-electron chi connectivity index (χ3n) is 3.57. The lowest BCUT2D eigenvalue weighted by Crippen LogP contribution is -2.54. The first kappa shape index (κ1) is 13.0. The third-order valence-corrected chi connectivity index (χ3v) is 3.57. The van der Waals surface area contributed by atoms with Crippen LogP contribution in [0.1, 0.15) is 53.9 Å². The molecule has 0 fully saturated rings. The average molecular weight is 186 g/mol. The summed E-state index contributed by atoms with van der Waals surface area (Å²) in [7, 11) is 0. The summed E-state index contributed by atoms with van der Waals surface area (Å²) in [6.45, 7) is 15.6. The monoisotopic (exact) mass is 186 g/mol. The van der Waals surface area contributed by atoms with Crippen LogP contribution in [0.3, 0.4) is 0 Å². The Labute approximate surface area is 84.7 Å². The van der Waals surface area contributed by atoms with Crippen molar-refractivity contribution in [3.05, 3.63) is 0 Å². The van der Waals surface area contributed by atoms with Gasteiger partial charge in [-0.1, -0.05) is 20.3 Å². The molecule has 0 radical (unpaired) electrons. The molecule has 0 bridgehead atoms. The molecule has 1 unspecified atom stereocenters. The van der Waals surface area contributed by atoms with Crippen molar-refractivity contribution in [1.29, 1.82) is 0 Å². The molecule has 0 aliphatic heterocycles. The lowest BCUT2D eigenvalue weighted by Gasteiger charge is -2.42. The average Bonchev–Trinajstić information content (AvgIpc) is 2.14. The fourth-order valence-electron chi connectivity index (χ4n) is 2.52. The van der Waals surface area contributed by atoms with Crippen LogP contribution in [-0.2, 0) is 0 Å². The Kier molecular flexibility index (Phi) is 6.40. The fraction of sp³-hybridized carbons (Fsp3) is 1.00. The minimum atomic E-state index is 0.847. The second kappa shape index (κ2) is 6.42. The van der Waals surface area contributed by atoms with Crippen LogP contribution in [0.15, 0.2) is 0 Å². The summed E-state index contributed by atoms with van der Waals surface area (Å²) in [5, 5.41) is 0. The molecular formula is C12H28N+. The Morgan fingerprint density at radius 1 is 0.923 bits per heavy atom. The van der Waals surface area contributed by atoms with Gasteiger partial charge in [0.05, 0.1) is 25.7 Å². The van der Waals surface area contributed by atoms with Crippen molar-refractivity contribution >= 4 is 0 Å². The van der Waals surface area contributed by atoms with E-state index < -0.39 is 0 Å². The fourth-order valence-corrected chi connectivity index (χ4v) is 2.52. The minimum absolute atomic E-state index is 0.847. The number of hydrogen-bond donors (Lipinski definition) is 0. The second-order valence-electron chi connectivity index (χ2n) is 4.21. The number of nitrogens with zero attached hydrogens (tertiary/aromatic N) is 1. The summed E-state index contributed by atoms with van der Waals surface area (Å²) in [6.07, 6.45) is 4.02. The second-order valence-corrected chi connectivity index (χ2v) is 4.21. The van der Waals surface area contributed by atoms with Gasteiger partial charge in [0.25, 0.3) is 0 Å². The number of rotatable bonds is 7. The first-order valence-corrected chi connectivity index (χ1v) is 6.02. The Hall–Kier alpha value is -0.0400. The highest BCUT2D eigenvalue weighted by molar-refractivity contribution is 4.53. The van der Waals surface area contributed by atoms with Crippen LogP contribution in [0.5, 0.6) is 0 Å². The Balaban J connectivity index is 4.33. The van der Waals surface area contributed by atoms with Crippen LogP contribution in [0, 0.1) is 0 Å². The molecule has 0 spiro atoms. The Morgan fingerprint density at radius 2 is 1.46 bits per heavy atom. The van der Waals surface area contributed by atoms with Crippen molar-refractivity contribution in [2.24, 2.45) is 0 Å². The zero-order valence-corrected chi connectivity index (χ0v) is 10.3. The van der Waals surface area contributed by atoms with Gasteiger partial charge in [-0.25, -0.2) is 0 Å². The van der Waals surface area contributed by atoms with E-state index in [4.69, 9.17) is 0 Å². The molecule has 80 valence electrons. The van der Waals surface area contributed by atoms with Crippen LogP contribution >= 0.6 is 0 Å². The van der Waals surface area contributed by atoms with Crippen LogP contribution < -0.4 is 0 Å². The van der Waals surface area contributed by atoms with Crippen molar-refractivity contribution in [2.45, 2.75) is 59.9 Å². The first-order valence-electron chi connectivity index (χ1n) is 6.02. The van der Waals surface area contributed by atoms with Gasteiger partial charge in [0.1, 0.15) is 0 Å². The third kappa shape index (κ3) is 3.30. The summed E-state index contributed by atoms with van der Waals surface area (Å²) in [5.41, 5.74) is 0. The molecule has 0 heterocycles. The number of quaternary nitrogens is 1. The van der Waals surface area contributed by atoms with Gasteiger partial charge >= 0.3 is 0 Å². The largest absolute Gasteiger partial charge is 0.322 e. The van der Waals surface area contributed by atoms with Crippen molar-refractivity contribution in [1.82, 2.24) is 0 Å². The highest BCUT2D eigenvalue weighted by Crippen LogP contribution is 2.18. The maximum absolute atomic E-state index is 2.42. The topological polar surface area (TPSA) is 0 Å². The predicted molar refractivity (Wildman–Crippen MR) is 60.9 cm³/mol. The van der Waals surface area contributed by atoms with Crippen LogP contribution in [0.25, 0.3) is 0 Å². The van der Waals surface area contributed by atoms with E-state index in [2.05, 4.69) is 34.6 Å². The quantitative estimate of drug-likeness (QED) is 0.534. The zero-order chi connectivity index (χ0) is 10.3. The molecule has 0 saturated carbocycles. The van der Waals surface area contributed by atoms with E-state index >= 15 is 0 Å². The van der Waals surface area contributed by atoms with Gasteiger partial charge in [0.2, 0.25) is 0 Å². The molecule has 1 nitrogen and oxygen atoms in total. The molecule has 0 aliphatic carbocycles. The summed E-state index contributed by atoms with van der Waals surface area (Å²) in [5.74, 6) is 0. The molecule has 0 aromatic rings. The summed E-state index contributed by atoms with van der Waals surface area (Å²) in [6, 6.07) is 0.847. The standard InChI is InChI=1S/C12H28N/c1-6-10-12(5)13(8-3,9-4)11-7-2/h12H,6-11H2,1-5H3/q+1. The molecule has 0 saturated heterocycles. The van der Waals surface area contributed by atoms with Crippen molar-refractivity contribution in [3.63, 3.8) is 0 Å². The molecule has 13 heavy (non-hydrogen) atoms. The molecular weight excluding hydrogens is 158 g/mol. The lowest BCUT2D eigenvalue weighted by molar-refractivity contribution is -0.946. The molecule has 0 amide bonds. The lowest BCUT2D eigenvalue weighted by atomic mass is 10.1. The molecule has 1 heteroatoms. The van der Waals surface area contributed by atoms with Gasteiger partial charge in [-0.3, -0.25) is 0 Å². The number of hydrogen-bond acceptors (Lipinski definition) is 0. The van der Waals surface area contributed by atoms with Crippen molar-refractivity contribution in [3.8, 4) is 0 Å². The van der Waals surface area contributed by atoms with Gasteiger partial charge in [-0.2, -0.15) is 0 Å². The Morgan fingerprint density at radius 3 is 1.77 bits per heavy atom. The first-order chi connectivity index (χ1) is 6.16. The van der Waals surface area contributed by atoms with Crippen LogP contribution in [-0.4, -0.2) is 30.2 Å². The van der Waals surface area contributed by atoms with E-state index in [0.717, 1.165) is 6.04 Å². The molecule has 0 aliphatic rings. The van der Waals surface area contributed by atoms with E-state index in [1.165, 1.54) is 43.4 Å². The van der Waals surface area contributed by atoms with Gasteiger partial charge in [-0.05, 0) is 33.6 Å². The van der Waals surface area contributed by atoms with E-state index in [-0.39, 0.29) is 0 Å². The normalized spacial score (nSPS) is 14.5. The summed E-state index contributed by atoms with van der Waals surface area (Å²) in [4.78, 5) is 0. The summed E-state index contributed by atoms with van der Waals surface area (Å²) >= 11 is 0. The zero-order valence-electron chi connectivity index (χ0n) is 10.3. The van der Waals surface area contributed by atoms with E-state index in [1.54, 1.807) is 0 Å². The maximum Gasteiger partial charge on any atom is 0.0861 e. The van der Waals surface area contributed by atoms with E-state index in [1.807, 2.05) is 0 Å². The highest BCUT2D eigenvalue weighted by Gasteiger charge is 2.28. The molecule has 0 N–H and O–H groups in total. The van der Waals surface area contributed by atoms with Gasteiger partial charge < -0.3 is 4.48 Å². The van der Waals surface area contributed by atoms with E-state index in [9.17, 15) is 0 Å². The molecule has 1 atom stereocenters. The smallest absolute Gasteiger partial charge is 0.0861 e. The van der Waals surface area contributed by atoms with Crippen LogP contribution in [0.4, 0.5) is 0 Å². The van der Waals surface area contributed by atoms with E-state index in [0.29, 0.717) is 0 Å². The van der Waals surface area contributed by atoms with Gasteiger partial charge in [0, 0.05) is 0 Å². The highest BCUT2D eigenvalue weighted by atomic mass is 15.4. The molecule has 0 aromatic heterocycles. The van der Waals surface area contributed by atoms with Gasteiger partial charge in [-0.15, -0.1) is 0 Å². The Bertz CT molecular complexity index is 116. The van der Waals surface area contributed by atoms with Crippen molar-refractivity contribution in [2.75, 3.05) is 19.6 Å². The summed E-state index contributed by atoms with van der Waals surface area (Å²) < 4.78 is 1.32. The molecule has 0 aromatic carbocycles. The predicted octanol–water partition coefficient (Wildman–Crippen LogP) is 3.44. The maximum atomic E-state index is 2.42. The van der Waals surface area contributed by atoms with Gasteiger partial charge in [0.15, 0.2) is 0 Å². The minimum Gasteiger partial charge on any atom is -0.322 e. The van der Waals surface area contributed by atoms with Crippen LogP contribution in [0.2, 0.25) is 0 Å².